The summed E-state index contributed by atoms with van der Waals surface area (Å²) < 4.78 is 12.9. The zero-order chi connectivity index (χ0) is 13.8. The fourth-order valence-corrected chi connectivity index (χ4v) is 2.51. The fourth-order valence-electron chi connectivity index (χ4n) is 2.51. The summed E-state index contributed by atoms with van der Waals surface area (Å²) in [4.78, 5) is 14.2. The number of piperidine rings is 1. The van der Waals surface area contributed by atoms with Crippen molar-refractivity contribution in [1.29, 1.82) is 0 Å². The molecule has 0 aromatic heterocycles. The van der Waals surface area contributed by atoms with Gasteiger partial charge in [0.1, 0.15) is 5.82 Å². The summed E-state index contributed by atoms with van der Waals surface area (Å²) in [5.41, 5.74) is 0.964. The van der Waals surface area contributed by atoms with Crippen molar-refractivity contribution in [2.24, 2.45) is 5.92 Å². The van der Waals surface area contributed by atoms with E-state index in [0.717, 1.165) is 31.5 Å². The number of nitrogens with zero attached hydrogens (tertiary/aromatic N) is 1. The van der Waals surface area contributed by atoms with Crippen LogP contribution in [0.1, 0.15) is 31.4 Å². The van der Waals surface area contributed by atoms with Gasteiger partial charge in [-0.05, 0) is 50.6 Å². The van der Waals surface area contributed by atoms with Crippen molar-refractivity contribution in [2.45, 2.75) is 25.8 Å². The highest BCUT2D eigenvalue weighted by molar-refractivity contribution is 5.85. The highest BCUT2D eigenvalue weighted by Gasteiger charge is 2.26. The van der Waals surface area contributed by atoms with E-state index in [9.17, 15) is 9.18 Å². The first kappa shape index (κ1) is 16.9. The Kier molecular flexibility index (Phi) is 6.43. The summed E-state index contributed by atoms with van der Waals surface area (Å²) in [5.74, 6) is 0.0655. The lowest BCUT2D eigenvalue weighted by molar-refractivity contribution is -0.137. The van der Waals surface area contributed by atoms with E-state index in [1.807, 2.05) is 14.0 Å². The lowest BCUT2D eigenvalue weighted by Gasteiger charge is -2.31. The molecule has 3 nitrogen and oxygen atoms in total. The third kappa shape index (κ3) is 3.93. The average Bonchev–Trinajstić information content (AvgIpc) is 2.46. The molecule has 1 aliphatic heterocycles. The summed E-state index contributed by atoms with van der Waals surface area (Å²) in [7, 11) is 1.83. The van der Waals surface area contributed by atoms with Gasteiger partial charge in [0.15, 0.2) is 0 Å². The predicted molar refractivity (Wildman–Crippen MR) is 80.4 cm³/mol. The van der Waals surface area contributed by atoms with Gasteiger partial charge in [-0.15, -0.1) is 12.4 Å². The van der Waals surface area contributed by atoms with Gasteiger partial charge < -0.3 is 10.2 Å². The quantitative estimate of drug-likeness (QED) is 0.931. The van der Waals surface area contributed by atoms with Crippen LogP contribution >= 0.6 is 12.4 Å². The highest BCUT2D eigenvalue weighted by atomic mass is 35.5. The van der Waals surface area contributed by atoms with Gasteiger partial charge in [-0.25, -0.2) is 4.39 Å². The SMILES string of the molecule is CC(c1ccc(F)cc1)N(C)C(=O)C1CCNCC1.Cl. The minimum absolute atomic E-state index is 0. The van der Waals surface area contributed by atoms with Crippen LogP contribution in [-0.2, 0) is 4.79 Å². The Bertz CT molecular complexity index is 432. The van der Waals surface area contributed by atoms with E-state index < -0.39 is 0 Å². The van der Waals surface area contributed by atoms with E-state index >= 15 is 0 Å². The van der Waals surface area contributed by atoms with Gasteiger partial charge in [0.25, 0.3) is 0 Å². The molecule has 1 atom stereocenters. The number of hydrogen-bond donors (Lipinski definition) is 1. The van der Waals surface area contributed by atoms with Crippen LogP contribution in [0.25, 0.3) is 0 Å². The fraction of sp³-hybridized carbons (Fsp3) is 0.533. The molecular formula is C15H22ClFN2O. The van der Waals surface area contributed by atoms with Gasteiger partial charge >= 0.3 is 0 Å². The molecule has 1 amide bonds. The number of halogens is 2. The van der Waals surface area contributed by atoms with Crippen LogP contribution in [0.2, 0.25) is 0 Å². The third-order valence-electron chi connectivity index (χ3n) is 3.97. The van der Waals surface area contributed by atoms with Crippen LogP contribution in [0.15, 0.2) is 24.3 Å². The summed E-state index contributed by atoms with van der Waals surface area (Å²) in [6.45, 7) is 3.80. The van der Waals surface area contributed by atoms with E-state index in [4.69, 9.17) is 0 Å². The third-order valence-corrected chi connectivity index (χ3v) is 3.97. The number of nitrogens with one attached hydrogen (secondary N) is 1. The monoisotopic (exact) mass is 300 g/mol. The number of amides is 1. The van der Waals surface area contributed by atoms with E-state index in [-0.39, 0.29) is 36.1 Å². The molecule has 1 fully saturated rings. The predicted octanol–water partition coefficient (Wildman–Crippen LogP) is 2.77. The molecule has 1 aromatic carbocycles. The Morgan fingerprint density at radius 2 is 1.85 bits per heavy atom. The number of carbonyl (C=O) groups excluding carboxylic acids is 1. The molecule has 20 heavy (non-hydrogen) atoms. The molecule has 5 heteroatoms. The molecule has 2 rings (SSSR count). The van der Waals surface area contributed by atoms with Crippen molar-refractivity contribution < 1.29 is 9.18 Å². The largest absolute Gasteiger partial charge is 0.339 e. The maximum absolute atomic E-state index is 12.9. The van der Waals surface area contributed by atoms with Gasteiger partial charge in [-0.3, -0.25) is 4.79 Å². The van der Waals surface area contributed by atoms with Gasteiger partial charge in [0.05, 0.1) is 6.04 Å². The molecule has 0 saturated carbocycles. The van der Waals surface area contributed by atoms with E-state index in [2.05, 4.69) is 5.32 Å². The van der Waals surface area contributed by atoms with E-state index in [1.165, 1.54) is 12.1 Å². The standard InChI is InChI=1S/C15H21FN2O.ClH/c1-11(12-3-5-14(16)6-4-12)18(2)15(19)13-7-9-17-10-8-13;/h3-6,11,13,17H,7-10H2,1-2H3;1H. The minimum atomic E-state index is -0.247. The van der Waals surface area contributed by atoms with Crippen molar-refractivity contribution in [3.63, 3.8) is 0 Å². The molecule has 0 radical (unpaired) electrons. The molecule has 1 N–H and O–H groups in total. The number of benzene rings is 1. The highest BCUT2D eigenvalue weighted by Crippen LogP contribution is 2.23. The van der Waals surface area contributed by atoms with Crippen molar-refractivity contribution in [3.8, 4) is 0 Å². The Labute approximate surface area is 125 Å². The first-order valence-corrected chi connectivity index (χ1v) is 6.82. The normalized spacial score (nSPS) is 17.1. The Balaban J connectivity index is 0.00000200. The van der Waals surface area contributed by atoms with Crippen LogP contribution in [0.4, 0.5) is 4.39 Å². The second kappa shape index (κ2) is 7.60. The zero-order valence-electron chi connectivity index (χ0n) is 11.9. The molecule has 1 saturated heterocycles. The van der Waals surface area contributed by atoms with Gasteiger partial charge in [0, 0.05) is 13.0 Å². The Hall–Kier alpha value is -1.13. The maximum Gasteiger partial charge on any atom is 0.226 e. The average molecular weight is 301 g/mol. The molecular weight excluding hydrogens is 279 g/mol. The second-order valence-electron chi connectivity index (χ2n) is 5.20. The topological polar surface area (TPSA) is 32.3 Å². The molecule has 1 heterocycles. The van der Waals surface area contributed by atoms with Crippen LogP contribution in [-0.4, -0.2) is 30.9 Å². The smallest absolute Gasteiger partial charge is 0.226 e. The first-order chi connectivity index (χ1) is 9.09. The summed E-state index contributed by atoms with van der Waals surface area (Å²) in [5, 5.41) is 3.26. The van der Waals surface area contributed by atoms with Gasteiger partial charge in [-0.1, -0.05) is 12.1 Å². The minimum Gasteiger partial charge on any atom is -0.339 e. The first-order valence-electron chi connectivity index (χ1n) is 6.82. The van der Waals surface area contributed by atoms with Crippen LogP contribution in [0, 0.1) is 11.7 Å². The van der Waals surface area contributed by atoms with Crippen LogP contribution in [0.5, 0.6) is 0 Å². The molecule has 1 aromatic rings. The molecule has 1 unspecified atom stereocenters. The summed E-state index contributed by atoms with van der Waals surface area (Å²) in [6, 6.07) is 6.34. The molecule has 0 aliphatic carbocycles. The zero-order valence-corrected chi connectivity index (χ0v) is 12.8. The molecule has 0 bridgehead atoms. The van der Waals surface area contributed by atoms with Crippen molar-refractivity contribution in [1.82, 2.24) is 10.2 Å². The lowest BCUT2D eigenvalue weighted by atomic mass is 9.95. The van der Waals surface area contributed by atoms with E-state index in [0.29, 0.717) is 0 Å². The number of rotatable bonds is 3. The second-order valence-corrected chi connectivity index (χ2v) is 5.20. The van der Waals surface area contributed by atoms with Gasteiger partial charge in [-0.2, -0.15) is 0 Å². The van der Waals surface area contributed by atoms with Crippen LogP contribution in [0.3, 0.4) is 0 Å². The van der Waals surface area contributed by atoms with E-state index in [1.54, 1.807) is 17.0 Å². The molecule has 1 aliphatic rings. The lowest BCUT2D eigenvalue weighted by Crippen LogP contribution is -2.40. The maximum atomic E-state index is 12.9. The number of hydrogen-bond acceptors (Lipinski definition) is 2. The molecule has 0 spiro atoms. The molecule has 112 valence electrons. The number of carbonyl (C=O) groups is 1. The van der Waals surface area contributed by atoms with Crippen molar-refractivity contribution >= 4 is 18.3 Å². The van der Waals surface area contributed by atoms with Gasteiger partial charge in [0.2, 0.25) is 5.91 Å². The summed E-state index contributed by atoms with van der Waals surface area (Å²) >= 11 is 0. The summed E-state index contributed by atoms with van der Waals surface area (Å²) in [6.07, 6.45) is 1.80. The van der Waals surface area contributed by atoms with Crippen LogP contribution < -0.4 is 5.32 Å². The Morgan fingerprint density at radius 3 is 2.40 bits per heavy atom. The Morgan fingerprint density at radius 1 is 1.30 bits per heavy atom. The van der Waals surface area contributed by atoms with Crippen molar-refractivity contribution in [3.05, 3.63) is 35.6 Å². The van der Waals surface area contributed by atoms with Crippen molar-refractivity contribution in [2.75, 3.05) is 20.1 Å².